The third kappa shape index (κ3) is 4.50. The Hall–Kier alpha value is -6.64. The second-order valence-electron chi connectivity index (χ2n) is 13.0. The molecule has 0 saturated carbocycles. The van der Waals surface area contributed by atoms with Crippen molar-refractivity contribution in [2.75, 3.05) is 0 Å². The van der Waals surface area contributed by atoms with Crippen molar-refractivity contribution in [3.8, 4) is 44.8 Å². The van der Waals surface area contributed by atoms with Gasteiger partial charge in [0.25, 0.3) is 0 Å². The standard InChI is InChI=1S/C48H32N2/c1-3-14-33(15-4-1)36-26-28-39(34-16-5-2-6-17-34)47(31-36)50-46-25-12-9-22-42(46)43-29-27-37(32-48(43)50)35-18-13-19-38(30-35)49-44-23-10-7-20-40(44)41-21-8-11-24-45(41)49/h1-32H. The molecular formula is C48H32N2. The molecule has 0 atom stereocenters. The van der Waals surface area contributed by atoms with Crippen molar-refractivity contribution in [3.05, 3.63) is 194 Å². The summed E-state index contributed by atoms with van der Waals surface area (Å²) < 4.78 is 4.87. The highest BCUT2D eigenvalue weighted by atomic mass is 15.0. The fraction of sp³-hybridized carbons (Fsp3) is 0. The van der Waals surface area contributed by atoms with E-state index in [9.17, 15) is 0 Å². The molecule has 0 aliphatic rings. The first-order valence-corrected chi connectivity index (χ1v) is 17.2. The van der Waals surface area contributed by atoms with Crippen molar-refractivity contribution in [1.29, 1.82) is 0 Å². The third-order valence-corrected chi connectivity index (χ3v) is 10.1. The summed E-state index contributed by atoms with van der Waals surface area (Å²) in [6.45, 7) is 0. The Morgan fingerprint density at radius 1 is 0.260 bits per heavy atom. The van der Waals surface area contributed by atoms with Gasteiger partial charge in [0.15, 0.2) is 0 Å². The van der Waals surface area contributed by atoms with Crippen LogP contribution in [-0.2, 0) is 0 Å². The van der Waals surface area contributed by atoms with E-state index in [1.165, 1.54) is 82.7 Å². The number of rotatable bonds is 5. The fourth-order valence-electron chi connectivity index (χ4n) is 7.82. The molecule has 0 spiro atoms. The fourth-order valence-corrected chi connectivity index (χ4v) is 7.82. The van der Waals surface area contributed by atoms with Gasteiger partial charge in [-0.1, -0.05) is 152 Å². The van der Waals surface area contributed by atoms with Crippen molar-refractivity contribution in [3.63, 3.8) is 0 Å². The van der Waals surface area contributed by atoms with Crippen molar-refractivity contribution in [2.24, 2.45) is 0 Å². The lowest BCUT2D eigenvalue weighted by molar-refractivity contribution is 1.18. The average Bonchev–Trinajstić information content (AvgIpc) is 3.71. The maximum atomic E-state index is 2.47. The summed E-state index contributed by atoms with van der Waals surface area (Å²) in [7, 11) is 0. The topological polar surface area (TPSA) is 9.86 Å². The van der Waals surface area contributed by atoms with Crippen LogP contribution in [0.4, 0.5) is 0 Å². The smallest absolute Gasteiger partial charge is 0.0547 e. The normalized spacial score (nSPS) is 11.6. The molecule has 0 amide bonds. The van der Waals surface area contributed by atoms with E-state index in [-0.39, 0.29) is 0 Å². The predicted octanol–water partition coefficient (Wildman–Crippen LogP) is 12.9. The molecule has 2 aromatic heterocycles. The summed E-state index contributed by atoms with van der Waals surface area (Å²) in [5.74, 6) is 0. The van der Waals surface area contributed by atoms with Gasteiger partial charge in [0.1, 0.15) is 0 Å². The lowest BCUT2D eigenvalue weighted by Gasteiger charge is -2.17. The first-order chi connectivity index (χ1) is 24.8. The van der Waals surface area contributed by atoms with Gasteiger partial charge in [0, 0.05) is 32.8 Å². The van der Waals surface area contributed by atoms with E-state index in [2.05, 4.69) is 203 Å². The Labute approximate surface area is 290 Å². The largest absolute Gasteiger partial charge is 0.309 e. The lowest BCUT2D eigenvalue weighted by atomic mass is 9.97. The number of benzene rings is 8. The molecule has 234 valence electrons. The second-order valence-corrected chi connectivity index (χ2v) is 13.0. The Balaban J connectivity index is 1.21. The molecule has 0 bridgehead atoms. The van der Waals surface area contributed by atoms with Gasteiger partial charge in [-0.15, -0.1) is 0 Å². The number of aromatic nitrogens is 2. The zero-order valence-corrected chi connectivity index (χ0v) is 27.4. The van der Waals surface area contributed by atoms with Crippen LogP contribution in [0.5, 0.6) is 0 Å². The van der Waals surface area contributed by atoms with Gasteiger partial charge in [-0.25, -0.2) is 0 Å². The van der Waals surface area contributed by atoms with Crippen LogP contribution in [0.2, 0.25) is 0 Å². The predicted molar refractivity (Wildman–Crippen MR) is 211 cm³/mol. The maximum absolute atomic E-state index is 2.47. The summed E-state index contributed by atoms with van der Waals surface area (Å²) >= 11 is 0. The van der Waals surface area contributed by atoms with E-state index in [0.717, 1.165) is 5.69 Å². The minimum absolute atomic E-state index is 1.16. The maximum Gasteiger partial charge on any atom is 0.0547 e. The highest BCUT2D eigenvalue weighted by Gasteiger charge is 2.18. The molecule has 0 aliphatic heterocycles. The molecule has 2 heteroatoms. The van der Waals surface area contributed by atoms with Crippen LogP contribution in [0, 0.1) is 0 Å². The van der Waals surface area contributed by atoms with Crippen LogP contribution in [0.25, 0.3) is 88.4 Å². The molecule has 0 fully saturated rings. The van der Waals surface area contributed by atoms with E-state index in [1.807, 2.05) is 0 Å². The van der Waals surface area contributed by atoms with Crippen molar-refractivity contribution >= 4 is 43.6 Å². The summed E-state index contributed by atoms with van der Waals surface area (Å²) in [6.07, 6.45) is 0. The Morgan fingerprint density at radius 2 is 0.740 bits per heavy atom. The van der Waals surface area contributed by atoms with Crippen LogP contribution < -0.4 is 0 Å². The summed E-state index contributed by atoms with van der Waals surface area (Å²) in [5.41, 5.74) is 14.3. The zero-order chi connectivity index (χ0) is 33.0. The molecule has 10 aromatic rings. The average molecular weight is 637 g/mol. The van der Waals surface area contributed by atoms with Crippen LogP contribution in [-0.4, -0.2) is 9.13 Å². The Kier molecular flexibility index (Phi) is 6.53. The molecule has 0 aliphatic carbocycles. The summed E-state index contributed by atoms with van der Waals surface area (Å²) in [4.78, 5) is 0. The number of hydrogen-bond acceptors (Lipinski definition) is 0. The zero-order valence-electron chi connectivity index (χ0n) is 27.4. The Bertz CT molecular complexity index is 2800. The summed E-state index contributed by atoms with van der Waals surface area (Å²) in [5, 5.41) is 5.03. The van der Waals surface area contributed by atoms with Gasteiger partial charge < -0.3 is 9.13 Å². The van der Waals surface area contributed by atoms with Gasteiger partial charge in [-0.2, -0.15) is 0 Å². The molecule has 8 aromatic carbocycles. The molecule has 0 radical (unpaired) electrons. The highest BCUT2D eigenvalue weighted by Crippen LogP contribution is 2.40. The first kappa shape index (κ1) is 28.4. The van der Waals surface area contributed by atoms with E-state index >= 15 is 0 Å². The molecular weight excluding hydrogens is 605 g/mol. The number of fused-ring (bicyclic) bond motifs is 6. The number of para-hydroxylation sites is 3. The van der Waals surface area contributed by atoms with Gasteiger partial charge in [0.2, 0.25) is 0 Å². The first-order valence-electron chi connectivity index (χ1n) is 17.2. The molecule has 10 rings (SSSR count). The van der Waals surface area contributed by atoms with E-state index in [0.29, 0.717) is 0 Å². The van der Waals surface area contributed by atoms with Crippen LogP contribution in [0.15, 0.2) is 194 Å². The van der Waals surface area contributed by atoms with E-state index in [1.54, 1.807) is 0 Å². The minimum atomic E-state index is 1.16. The van der Waals surface area contributed by atoms with Crippen molar-refractivity contribution in [2.45, 2.75) is 0 Å². The molecule has 0 unspecified atom stereocenters. The highest BCUT2D eigenvalue weighted by molar-refractivity contribution is 6.11. The number of nitrogens with zero attached hydrogens (tertiary/aromatic N) is 2. The SMILES string of the molecule is c1ccc(-c2ccc(-c3ccccc3)c(-n3c4ccccc4c4ccc(-c5cccc(-n6c7ccccc7c7ccccc76)c5)cc43)c2)cc1. The Morgan fingerprint density at radius 3 is 1.40 bits per heavy atom. The van der Waals surface area contributed by atoms with E-state index in [4.69, 9.17) is 0 Å². The molecule has 50 heavy (non-hydrogen) atoms. The van der Waals surface area contributed by atoms with Crippen LogP contribution in [0.3, 0.4) is 0 Å². The van der Waals surface area contributed by atoms with Crippen LogP contribution >= 0.6 is 0 Å². The molecule has 0 N–H and O–H groups in total. The van der Waals surface area contributed by atoms with Crippen LogP contribution in [0.1, 0.15) is 0 Å². The van der Waals surface area contributed by atoms with E-state index < -0.39 is 0 Å². The third-order valence-electron chi connectivity index (χ3n) is 10.1. The van der Waals surface area contributed by atoms with Crippen molar-refractivity contribution < 1.29 is 0 Å². The lowest BCUT2D eigenvalue weighted by Crippen LogP contribution is -1.98. The molecule has 2 nitrogen and oxygen atoms in total. The second kappa shape index (κ2) is 11.5. The van der Waals surface area contributed by atoms with Crippen molar-refractivity contribution in [1.82, 2.24) is 9.13 Å². The number of hydrogen-bond donors (Lipinski definition) is 0. The van der Waals surface area contributed by atoms with Gasteiger partial charge in [-0.3, -0.25) is 0 Å². The van der Waals surface area contributed by atoms with Gasteiger partial charge in [0.05, 0.1) is 27.8 Å². The molecule has 0 saturated heterocycles. The summed E-state index contributed by atoms with van der Waals surface area (Å²) in [6, 6.07) is 70.5. The van der Waals surface area contributed by atoms with Gasteiger partial charge >= 0.3 is 0 Å². The monoisotopic (exact) mass is 636 g/mol. The molecule has 2 heterocycles. The minimum Gasteiger partial charge on any atom is -0.309 e. The van der Waals surface area contributed by atoms with Gasteiger partial charge in [-0.05, 0) is 70.3 Å². The quantitative estimate of drug-likeness (QED) is 0.178.